The van der Waals surface area contributed by atoms with Gasteiger partial charge in [-0.15, -0.1) is 0 Å². The molecule has 1 N–H and O–H groups in total. The zero-order valence-corrected chi connectivity index (χ0v) is 12.2. The third-order valence-electron chi connectivity index (χ3n) is 4.05. The Bertz CT molecular complexity index is 549. The van der Waals surface area contributed by atoms with Crippen molar-refractivity contribution < 1.29 is 0 Å². The minimum absolute atomic E-state index is 0.473. The molecule has 1 aliphatic heterocycles. The number of likely N-dealkylation sites (N-methyl/N-ethyl adjacent to an activating group) is 1. The highest BCUT2D eigenvalue weighted by molar-refractivity contribution is 5.20. The van der Waals surface area contributed by atoms with E-state index in [9.17, 15) is 0 Å². The second-order valence-corrected chi connectivity index (χ2v) is 5.66. The van der Waals surface area contributed by atoms with Gasteiger partial charge in [0.1, 0.15) is 5.82 Å². The summed E-state index contributed by atoms with van der Waals surface area (Å²) in [6.07, 6.45) is 1.90. The molecule has 0 aliphatic carbocycles. The smallest absolute Gasteiger partial charge is 0.120 e. The summed E-state index contributed by atoms with van der Waals surface area (Å²) in [5.74, 6) is 1.07. The topological polar surface area (TPSA) is 35.2 Å². The van der Waals surface area contributed by atoms with Crippen LogP contribution in [0.1, 0.15) is 23.1 Å². The van der Waals surface area contributed by atoms with Gasteiger partial charge in [0.2, 0.25) is 0 Å². The first-order chi connectivity index (χ1) is 9.72. The Morgan fingerprint density at radius 3 is 2.75 bits per heavy atom. The second kappa shape index (κ2) is 5.77. The van der Waals surface area contributed by atoms with Crippen molar-refractivity contribution in [2.45, 2.75) is 19.5 Å². The number of aromatic nitrogens is 2. The second-order valence-electron chi connectivity index (χ2n) is 5.66. The highest BCUT2D eigenvalue weighted by Crippen LogP contribution is 2.24. The van der Waals surface area contributed by atoms with Crippen molar-refractivity contribution in [3.63, 3.8) is 0 Å². The van der Waals surface area contributed by atoms with Crippen LogP contribution < -0.4 is 0 Å². The van der Waals surface area contributed by atoms with Crippen LogP contribution in [0, 0.1) is 6.92 Å². The predicted molar refractivity (Wildman–Crippen MR) is 80.4 cm³/mol. The predicted octanol–water partition coefficient (Wildman–Crippen LogP) is 2.21. The summed E-state index contributed by atoms with van der Waals surface area (Å²) in [4.78, 5) is 12.7. The summed E-state index contributed by atoms with van der Waals surface area (Å²) >= 11 is 0. The first-order valence-electron chi connectivity index (χ1n) is 7.20. The van der Waals surface area contributed by atoms with E-state index < -0.39 is 0 Å². The van der Waals surface area contributed by atoms with Gasteiger partial charge in [-0.1, -0.05) is 30.3 Å². The number of rotatable bonds is 3. The SMILES string of the molecule is Cc1cnc(CN2CCN(C)[C@@H](c3ccccc3)C2)[nH]1. The fraction of sp³-hybridized carbons (Fsp3) is 0.438. The van der Waals surface area contributed by atoms with Gasteiger partial charge in [-0.05, 0) is 19.5 Å². The molecule has 1 aliphatic rings. The van der Waals surface area contributed by atoms with Crippen LogP contribution in [0.2, 0.25) is 0 Å². The fourth-order valence-corrected chi connectivity index (χ4v) is 2.87. The zero-order valence-electron chi connectivity index (χ0n) is 12.2. The monoisotopic (exact) mass is 270 g/mol. The van der Waals surface area contributed by atoms with Gasteiger partial charge in [-0.25, -0.2) is 4.98 Å². The molecule has 0 spiro atoms. The quantitative estimate of drug-likeness (QED) is 0.928. The van der Waals surface area contributed by atoms with Gasteiger partial charge in [-0.3, -0.25) is 9.80 Å². The Balaban J connectivity index is 1.70. The maximum Gasteiger partial charge on any atom is 0.120 e. The Hall–Kier alpha value is -1.65. The number of nitrogens with one attached hydrogen (secondary N) is 1. The number of hydrogen-bond acceptors (Lipinski definition) is 3. The van der Waals surface area contributed by atoms with Crippen molar-refractivity contribution in [3.8, 4) is 0 Å². The Morgan fingerprint density at radius 2 is 2.05 bits per heavy atom. The molecule has 1 saturated heterocycles. The first kappa shape index (κ1) is 13.3. The molecular weight excluding hydrogens is 248 g/mol. The van der Waals surface area contributed by atoms with Crippen molar-refractivity contribution in [1.82, 2.24) is 19.8 Å². The van der Waals surface area contributed by atoms with Gasteiger partial charge >= 0.3 is 0 Å². The molecule has 1 atom stereocenters. The lowest BCUT2D eigenvalue weighted by Crippen LogP contribution is -2.46. The lowest BCUT2D eigenvalue weighted by molar-refractivity contribution is 0.0888. The Morgan fingerprint density at radius 1 is 1.25 bits per heavy atom. The third kappa shape index (κ3) is 2.92. The molecular formula is C16H22N4. The fourth-order valence-electron chi connectivity index (χ4n) is 2.87. The van der Waals surface area contributed by atoms with Gasteiger partial charge < -0.3 is 4.98 Å². The number of H-pyrrole nitrogens is 1. The van der Waals surface area contributed by atoms with Gasteiger partial charge in [-0.2, -0.15) is 0 Å². The van der Waals surface area contributed by atoms with E-state index >= 15 is 0 Å². The normalized spacial score (nSPS) is 21.2. The van der Waals surface area contributed by atoms with Crippen molar-refractivity contribution in [2.75, 3.05) is 26.7 Å². The highest BCUT2D eigenvalue weighted by atomic mass is 15.3. The van der Waals surface area contributed by atoms with Crippen LogP contribution in [0.15, 0.2) is 36.5 Å². The largest absolute Gasteiger partial charge is 0.345 e. The minimum atomic E-state index is 0.473. The van der Waals surface area contributed by atoms with E-state index in [1.54, 1.807) is 0 Å². The summed E-state index contributed by atoms with van der Waals surface area (Å²) in [5, 5.41) is 0. The molecule has 2 aromatic rings. The molecule has 4 nitrogen and oxygen atoms in total. The van der Waals surface area contributed by atoms with Crippen molar-refractivity contribution >= 4 is 0 Å². The molecule has 4 heteroatoms. The van der Waals surface area contributed by atoms with E-state index in [1.165, 1.54) is 5.56 Å². The van der Waals surface area contributed by atoms with Gasteiger partial charge in [0.15, 0.2) is 0 Å². The van der Waals surface area contributed by atoms with Crippen molar-refractivity contribution in [3.05, 3.63) is 53.6 Å². The van der Waals surface area contributed by atoms with Crippen LogP contribution in [0.3, 0.4) is 0 Å². The summed E-state index contributed by atoms with van der Waals surface area (Å²) in [5.41, 5.74) is 2.53. The molecule has 0 amide bonds. The van der Waals surface area contributed by atoms with E-state index in [-0.39, 0.29) is 0 Å². The molecule has 0 bridgehead atoms. The van der Waals surface area contributed by atoms with Crippen LogP contribution in [0.5, 0.6) is 0 Å². The summed E-state index contributed by atoms with van der Waals surface area (Å²) in [6.45, 7) is 6.21. The van der Waals surface area contributed by atoms with Crippen LogP contribution >= 0.6 is 0 Å². The summed E-state index contributed by atoms with van der Waals surface area (Å²) in [6, 6.07) is 11.2. The number of nitrogens with zero attached hydrogens (tertiary/aromatic N) is 3. The maximum absolute atomic E-state index is 4.42. The molecule has 0 saturated carbocycles. The van der Waals surface area contributed by atoms with Gasteiger partial charge in [0.25, 0.3) is 0 Å². The number of imidazole rings is 1. The van der Waals surface area contributed by atoms with Gasteiger partial charge in [0, 0.05) is 37.6 Å². The lowest BCUT2D eigenvalue weighted by atomic mass is 10.0. The average Bonchev–Trinajstić information content (AvgIpc) is 2.87. The van der Waals surface area contributed by atoms with E-state index in [0.29, 0.717) is 6.04 Å². The number of piperazine rings is 1. The van der Waals surface area contributed by atoms with Crippen LogP contribution in [0.25, 0.3) is 0 Å². The highest BCUT2D eigenvalue weighted by Gasteiger charge is 2.25. The first-order valence-corrected chi connectivity index (χ1v) is 7.20. The molecule has 2 heterocycles. The van der Waals surface area contributed by atoms with Gasteiger partial charge in [0.05, 0.1) is 6.54 Å². The minimum Gasteiger partial charge on any atom is -0.345 e. The summed E-state index contributed by atoms with van der Waals surface area (Å²) < 4.78 is 0. The standard InChI is InChI=1S/C16H22N4/c1-13-10-17-16(18-13)12-20-9-8-19(2)15(11-20)14-6-4-3-5-7-14/h3-7,10,15H,8-9,11-12H2,1-2H3,(H,17,18)/t15-/m1/s1. The third-order valence-corrected chi connectivity index (χ3v) is 4.05. The molecule has 0 radical (unpaired) electrons. The number of hydrogen-bond donors (Lipinski definition) is 1. The van der Waals surface area contributed by atoms with Crippen molar-refractivity contribution in [1.29, 1.82) is 0 Å². The molecule has 1 aromatic carbocycles. The molecule has 20 heavy (non-hydrogen) atoms. The number of aryl methyl sites for hydroxylation is 1. The van der Waals surface area contributed by atoms with Crippen LogP contribution in [-0.4, -0.2) is 46.4 Å². The molecule has 1 aromatic heterocycles. The Kier molecular flexibility index (Phi) is 3.85. The van der Waals surface area contributed by atoms with Crippen LogP contribution in [-0.2, 0) is 6.54 Å². The maximum atomic E-state index is 4.42. The lowest BCUT2D eigenvalue weighted by Gasteiger charge is -2.39. The summed E-state index contributed by atoms with van der Waals surface area (Å²) in [7, 11) is 2.21. The number of aromatic amines is 1. The molecule has 106 valence electrons. The molecule has 1 fully saturated rings. The van der Waals surface area contributed by atoms with Crippen LogP contribution in [0.4, 0.5) is 0 Å². The zero-order chi connectivity index (χ0) is 13.9. The van der Waals surface area contributed by atoms with E-state index in [1.807, 2.05) is 13.1 Å². The molecule has 0 unspecified atom stereocenters. The number of benzene rings is 1. The van der Waals surface area contributed by atoms with E-state index in [2.05, 4.69) is 57.1 Å². The van der Waals surface area contributed by atoms with E-state index in [4.69, 9.17) is 0 Å². The van der Waals surface area contributed by atoms with E-state index in [0.717, 1.165) is 37.7 Å². The van der Waals surface area contributed by atoms with Crippen molar-refractivity contribution in [2.24, 2.45) is 0 Å². The Labute approximate surface area is 120 Å². The average molecular weight is 270 g/mol. The molecule has 3 rings (SSSR count).